The Morgan fingerprint density at radius 1 is 1.33 bits per heavy atom. The molecule has 1 fully saturated rings. The maximum Gasteiger partial charge on any atom is 0.0213 e. The lowest BCUT2D eigenvalue weighted by Gasteiger charge is -2.19. The van der Waals surface area contributed by atoms with Gasteiger partial charge in [0.2, 0.25) is 0 Å². The zero-order chi connectivity index (χ0) is 10.5. The number of rotatable bonds is 4. The molecule has 0 aromatic carbocycles. The van der Waals surface area contributed by atoms with Crippen LogP contribution < -0.4 is 5.32 Å². The van der Waals surface area contributed by atoms with E-state index in [2.05, 4.69) is 23.7 Å². The Kier molecular flexibility index (Phi) is 4.21. The Labute approximate surface area is 96.9 Å². The maximum atomic E-state index is 3.39. The van der Waals surface area contributed by atoms with Gasteiger partial charge in [0.05, 0.1) is 0 Å². The fraction of sp³-hybridized carbons (Fsp3) is 0.692. The van der Waals surface area contributed by atoms with Crippen LogP contribution in [-0.2, 0) is 6.54 Å². The van der Waals surface area contributed by atoms with Gasteiger partial charge in [-0.05, 0) is 42.3 Å². The molecule has 84 valence electrons. The molecule has 1 aromatic heterocycles. The average Bonchev–Trinajstić information content (AvgIpc) is 2.76. The second kappa shape index (κ2) is 5.66. The lowest BCUT2D eigenvalue weighted by Crippen LogP contribution is -2.10. The van der Waals surface area contributed by atoms with Gasteiger partial charge in [-0.2, -0.15) is 0 Å². The molecule has 1 aromatic rings. The van der Waals surface area contributed by atoms with Gasteiger partial charge in [-0.1, -0.05) is 26.2 Å². The lowest BCUT2D eigenvalue weighted by molar-refractivity contribution is 0.448. The summed E-state index contributed by atoms with van der Waals surface area (Å²) < 4.78 is 0. The number of hydrogen-bond donors (Lipinski definition) is 1. The third-order valence-electron chi connectivity index (χ3n) is 3.26. The molecule has 0 radical (unpaired) electrons. The minimum atomic E-state index is 0.874. The van der Waals surface area contributed by atoms with Crippen molar-refractivity contribution in [2.75, 3.05) is 6.54 Å². The van der Waals surface area contributed by atoms with Crippen molar-refractivity contribution >= 4 is 11.3 Å². The summed E-state index contributed by atoms with van der Waals surface area (Å²) in [6.45, 7) is 4.27. The molecule has 1 heterocycles. The summed E-state index contributed by atoms with van der Waals surface area (Å²) in [5.41, 5.74) is 1.47. The van der Waals surface area contributed by atoms with Crippen molar-refractivity contribution in [3.05, 3.63) is 21.9 Å². The van der Waals surface area contributed by atoms with Crippen LogP contribution in [-0.4, -0.2) is 6.54 Å². The zero-order valence-electron chi connectivity index (χ0n) is 9.59. The molecule has 1 aliphatic rings. The largest absolute Gasteiger partial charge is 0.313 e. The van der Waals surface area contributed by atoms with Crippen molar-refractivity contribution in [2.45, 2.75) is 51.5 Å². The quantitative estimate of drug-likeness (QED) is 0.816. The fourth-order valence-corrected chi connectivity index (χ4v) is 3.44. The average molecular weight is 223 g/mol. The molecule has 0 spiro atoms. The predicted octanol–water partition coefficient (Wildman–Crippen LogP) is 3.91. The van der Waals surface area contributed by atoms with Crippen molar-refractivity contribution < 1.29 is 0 Å². The highest BCUT2D eigenvalue weighted by atomic mass is 32.1. The number of thiophene rings is 1. The van der Waals surface area contributed by atoms with E-state index in [0.717, 1.165) is 19.0 Å². The molecule has 15 heavy (non-hydrogen) atoms. The molecule has 2 rings (SSSR count). The molecule has 0 unspecified atom stereocenters. The minimum absolute atomic E-state index is 0.874. The Morgan fingerprint density at radius 2 is 2.13 bits per heavy atom. The predicted molar refractivity (Wildman–Crippen MR) is 67.5 cm³/mol. The molecular formula is C13H21NS. The molecule has 1 nitrogen and oxygen atoms in total. The fourth-order valence-electron chi connectivity index (χ4n) is 2.36. The van der Waals surface area contributed by atoms with Crippen LogP contribution in [0.2, 0.25) is 0 Å². The lowest BCUT2D eigenvalue weighted by atomic mass is 9.88. The Morgan fingerprint density at radius 3 is 2.87 bits per heavy atom. The van der Waals surface area contributed by atoms with Gasteiger partial charge in [0.15, 0.2) is 0 Å². The number of nitrogens with one attached hydrogen (secondary N) is 1. The molecule has 2 heteroatoms. The molecule has 1 aliphatic carbocycles. The molecule has 1 saturated carbocycles. The van der Waals surface area contributed by atoms with E-state index in [0.29, 0.717) is 0 Å². The smallest absolute Gasteiger partial charge is 0.0213 e. The first-order chi connectivity index (χ1) is 7.40. The third kappa shape index (κ3) is 3.05. The van der Waals surface area contributed by atoms with Gasteiger partial charge in [0.25, 0.3) is 0 Å². The summed E-state index contributed by atoms with van der Waals surface area (Å²) in [6.07, 6.45) is 7.16. The van der Waals surface area contributed by atoms with Crippen molar-refractivity contribution in [2.24, 2.45) is 0 Å². The second-order valence-electron chi connectivity index (χ2n) is 4.47. The summed E-state index contributed by atoms with van der Waals surface area (Å²) in [6, 6.07) is 2.42. The van der Waals surface area contributed by atoms with Gasteiger partial charge in [-0.25, -0.2) is 0 Å². The summed E-state index contributed by atoms with van der Waals surface area (Å²) in [5, 5.41) is 5.71. The van der Waals surface area contributed by atoms with Gasteiger partial charge in [0.1, 0.15) is 0 Å². The van der Waals surface area contributed by atoms with Crippen LogP contribution in [0.15, 0.2) is 11.4 Å². The van der Waals surface area contributed by atoms with Crippen LogP contribution in [0.25, 0.3) is 0 Å². The Balaban J connectivity index is 1.93. The Bertz CT molecular complexity index is 286. The van der Waals surface area contributed by atoms with E-state index >= 15 is 0 Å². The zero-order valence-corrected chi connectivity index (χ0v) is 10.4. The van der Waals surface area contributed by atoms with Crippen molar-refractivity contribution in [3.63, 3.8) is 0 Å². The van der Waals surface area contributed by atoms with Crippen LogP contribution >= 0.6 is 11.3 Å². The molecule has 1 N–H and O–H groups in total. The van der Waals surface area contributed by atoms with Crippen LogP contribution in [0.4, 0.5) is 0 Å². The normalized spacial score (nSPS) is 18.2. The van der Waals surface area contributed by atoms with Crippen molar-refractivity contribution in [1.29, 1.82) is 0 Å². The van der Waals surface area contributed by atoms with Crippen molar-refractivity contribution in [3.8, 4) is 0 Å². The molecule has 0 atom stereocenters. The highest BCUT2D eigenvalue weighted by molar-refractivity contribution is 7.10. The third-order valence-corrected chi connectivity index (χ3v) is 4.40. The van der Waals surface area contributed by atoms with Gasteiger partial charge in [0, 0.05) is 11.4 Å². The second-order valence-corrected chi connectivity index (χ2v) is 5.42. The first-order valence-corrected chi connectivity index (χ1v) is 7.06. The first-order valence-electron chi connectivity index (χ1n) is 6.18. The van der Waals surface area contributed by atoms with E-state index in [1.54, 1.807) is 4.88 Å². The number of hydrogen-bond acceptors (Lipinski definition) is 2. The topological polar surface area (TPSA) is 12.0 Å². The summed E-state index contributed by atoms with van der Waals surface area (Å²) in [4.78, 5) is 1.63. The van der Waals surface area contributed by atoms with Gasteiger partial charge < -0.3 is 5.32 Å². The minimum Gasteiger partial charge on any atom is -0.313 e. The van der Waals surface area contributed by atoms with E-state index in [9.17, 15) is 0 Å². The van der Waals surface area contributed by atoms with E-state index in [1.165, 1.54) is 37.7 Å². The van der Waals surface area contributed by atoms with Crippen LogP contribution in [0, 0.1) is 0 Å². The van der Waals surface area contributed by atoms with Crippen molar-refractivity contribution in [1.82, 2.24) is 5.32 Å². The van der Waals surface area contributed by atoms with Gasteiger partial charge >= 0.3 is 0 Å². The molecule has 0 amide bonds. The summed E-state index contributed by atoms with van der Waals surface area (Å²) in [7, 11) is 0. The summed E-state index contributed by atoms with van der Waals surface area (Å²) in [5.74, 6) is 0.874. The van der Waals surface area contributed by atoms with E-state index in [1.807, 2.05) is 11.3 Å². The molecular weight excluding hydrogens is 202 g/mol. The van der Waals surface area contributed by atoms with E-state index in [4.69, 9.17) is 0 Å². The monoisotopic (exact) mass is 223 g/mol. The van der Waals surface area contributed by atoms with Crippen LogP contribution in [0.1, 0.15) is 55.4 Å². The van der Waals surface area contributed by atoms with Crippen LogP contribution in [0.3, 0.4) is 0 Å². The first kappa shape index (κ1) is 11.2. The SMILES string of the molecule is CCNCc1csc(C2CCCCC2)c1. The van der Waals surface area contributed by atoms with Crippen LogP contribution in [0.5, 0.6) is 0 Å². The van der Waals surface area contributed by atoms with E-state index < -0.39 is 0 Å². The Hall–Kier alpha value is -0.340. The summed E-state index contributed by atoms with van der Waals surface area (Å²) >= 11 is 1.97. The highest BCUT2D eigenvalue weighted by Gasteiger charge is 2.16. The highest BCUT2D eigenvalue weighted by Crippen LogP contribution is 2.35. The van der Waals surface area contributed by atoms with Gasteiger partial charge in [-0.15, -0.1) is 11.3 Å². The maximum absolute atomic E-state index is 3.39. The molecule has 0 saturated heterocycles. The molecule has 0 aliphatic heterocycles. The van der Waals surface area contributed by atoms with Gasteiger partial charge in [-0.3, -0.25) is 0 Å². The van der Waals surface area contributed by atoms with E-state index in [-0.39, 0.29) is 0 Å². The standard InChI is InChI=1S/C13H21NS/c1-2-14-9-11-8-13(15-10-11)12-6-4-3-5-7-12/h8,10,12,14H,2-7,9H2,1H3. The molecule has 0 bridgehead atoms.